The lowest BCUT2D eigenvalue weighted by molar-refractivity contribution is -0.138. The predicted molar refractivity (Wildman–Crippen MR) is 108 cm³/mol. The van der Waals surface area contributed by atoms with Crippen molar-refractivity contribution in [2.75, 3.05) is 33.8 Å². The molecule has 0 atom stereocenters. The number of aliphatic imine (C=N–C) groups is 1. The molecule has 7 nitrogen and oxygen atoms in total. The first-order chi connectivity index (χ1) is 13.0. The van der Waals surface area contributed by atoms with E-state index < -0.39 is 0 Å². The lowest BCUT2D eigenvalue weighted by Gasteiger charge is -2.31. The molecule has 1 aliphatic carbocycles. The van der Waals surface area contributed by atoms with Gasteiger partial charge in [-0.05, 0) is 38.3 Å². The topological polar surface area (TPSA) is 78.9 Å². The fourth-order valence-electron chi connectivity index (χ4n) is 3.53. The van der Waals surface area contributed by atoms with Gasteiger partial charge in [-0.15, -0.1) is 0 Å². The summed E-state index contributed by atoms with van der Waals surface area (Å²) in [6.45, 7) is 6.45. The fourth-order valence-corrected chi connectivity index (χ4v) is 3.53. The number of guanidine groups is 1. The van der Waals surface area contributed by atoms with Crippen molar-refractivity contribution in [3.8, 4) is 5.88 Å². The van der Waals surface area contributed by atoms with Gasteiger partial charge in [0.15, 0.2) is 5.96 Å². The Morgan fingerprint density at radius 1 is 1.30 bits per heavy atom. The van der Waals surface area contributed by atoms with Crippen molar-refractivity contribution in [1.29, 1.82) is 0 Å². The SMILES string of the molecule is CCNC(=NCc1ccnc(OCC)c1)NCC1(C(=O)N(C)C)CCCC1. The maximum atomic E-state index is 12.7. The third-order valence-electron chi connectivity index (χ3n) is 4.87. The highest BCUT2D eigenvalue weighted by molar-refractivity contribution is 5.85. The molecule has 0 bridgehead atoms. The Morgan fingerprint density at radius 2 is 2.04 bits per heavy atom. The van der Waals surface area contributed by atoms with Crippen molar-refractivity contribution in [2.45, 2.75) is 46.1 Å². The highest BCUT2D eigenvalue weighted by Crippen LogP contribution is 2.38. The van der Waals surface area contributed by atoms with E-state index in [0.29, 0.717) is 25.6 Å². The molecule has 1 aromatic rings. The van der Waals surface area contributed by atoms with E-state index in [1.807, 2.05) is 40.1 Å². The number of nitrogens with one attached hydrogen (secondary N) is 2. The molecule has 0 saturated heterocycles. The first-order valence-corrected chi connectivity index (χ1v) is 9.82. The monoisotopic (exact) mass is 375 g/mol. The second-order valence-electron chi connectivity index (χ2n) is 7.17. The Balaban J connectivity index is 2.04. The third kappa shape index (κ3) is 5.84. The number of amides is 1. The molecule has 0 spiro atoms. The van der Waals surface area contributed by atoms with Crippen LogP contribution in [0.4, 0.5) is 0 Å². The summed E-state index contributed by atoms with van der Waals surface area (Å²) < 4.78 is 5.44. The van der Waals surface area contributed by atoms with Gasteiger partial charge in [0.05, 0.1) is 18.6 Å². The molecule has 0 aliphatic heterocycles. The number of pyridine rings is 1. The first-order valence-electron chi connectivity index (χ1n) is 9.82. The van der Waals surface area contributed by atoms with Crippen LogP contribution in [0.2, 0.25) is 0 Å². The van der Waals surface area contributed by atoms with Gasteiger partial charge in [0, 0.05) is 39.4 Å². The second-order valence-corrected chi connectivity index (χ2v) is 7.17. The Morgan fingerprint density at radius 3 is 2.67 bits per heavy atom. The molecule has 7 heteroatoms. The van der Waals surface area contributed by atoms with Gasteiger partial charge in [-0.25, -0.2) is 9.98 Å². The molecule has 0 unspecified atom stereocenters. The molecular weight excluding hydrogens is 342 g/mol. The second kappa shape index (κ2) is 10.1. The standard InChI is InChI=1S/C20H33N5O2/c1-5-21-19(23-14-16-9-12-22-17(13-16)27-6-2)24-15-20(10-7-8-11-20)18(26)25(3)4/h9,12-13H,5-8,10-11,14-15H2,1-4H3,(H2,21,23,24). The first kappa shape index (κ1) is 21.0. The molecule has 1 saturated carbocycles. The smallest absolute Gasteiger partial charge is 0.230 e. The largest absolute Gasteiger partial charge is 0.478 e. The molecule has 1 fully saturated rings. The van der Waals surface area contributed by atoms with Crippen LogP contribution in [0.3, 0.4) is 0 Å². The van der Waals surface area contributed by atoms with Gasteiger partial charge in [0.2, 0.25) is 11.8 Å². The zero-order valence-corrected chi connectivity index (χ0v) is 17.0. The van der Waals surface area contributed by atoms with E-state index in [1.165, 1.54) is 0 Å². The molecule has 0 aromatic carbocycles. The van der Waals surface area contributed by atoms with E-state index in [4.69, 9.17) is 4.74 Å². The van der Waals surface area contributed by atoms with E-state index in [2.05, 4.69) is 20.6 Å². The summed E-state index contributed by atoms with van der Waals surface area (Å²) in [4.78, 5) is 23.3. The van der Waals surface area contributed by atoms with Crippen LogP contribution in [0.1, 0.15) is 45.1 Å². The van der Waals surface area contributed by atoms with Crippen LogP contribution in [0.5, 0.6) is 5.88 Å². The highest BCUT2D eigenvalue weighted by Gasteiger charge is 2.42. The number of aromatic nitrogens is 1. The van der Waals surface area contributed by atoms with E-state index in [-0.39, 0.29) is 11.3 Å². The summed E-state index contributed by atoms with van der Waals surface area (Å²) in [6, 6.07) is 3.84. The van der Waals surface area contributed by atoms with Crippen LogP contribution >= 0.6 is 0 Å². The zero-order valence-electron chi connectivity index (χ0n) is 17.0. The summed E-state index contributed by atoms with van der Waals surface area (Å²) in [5.74, 6) is 1.55. The number of hydrogen-bond acceptors (Lipinski definition) is 4. The van der Waals surface area contributed by atoms with Crippen LogP contribution in [-0.4, -0.2) is 55.5 Å². The molecule has 1 aliphatic rings. The van der Waals surface area contributed by atoms with Gasteiger partial charge in [-0.3, -0.25) is 4.79 Å². The molecule has 27 heavy (non-hydrogen) atoms. The Kier molecular flexibility index (Phi) is 7.88. The molecule has 0 radical (unpaired) electrons. The Labute approximate surface area is 162 Å². The number of nitrogens with zero attached hydrogens (tertiary/aromatic N) is 3. The van der Waals surface area contributed by atoms with Crippen molar-refractivity contribution < 1.29 is 9.53 Å². The van der Waals surface area contributed by atoms with Crippen LogP contribution in [0, 0.1) is 5.41 Å². The van der Waals surface area contributed by atoms with Gasteiger partial charge < -0.3 is 20.3 Å². The van der Waals surface area contributed by atoms with Crippen molar-refractivity contribution in [3.63, 3.8) is 0 Å². The molecular formula is C20H33N5O2. The van der Waals surface area contributed by atoms with E-state index in [1.54, 1.807) is 11.1 Å². The van der Waals surface area contributed by atoms with Crippen molar-refractivity contribution in [1.82, 2.24) is 20.5 Å². The Hall–Kier alpha value is -2.31. The van der Waals surface area contributed by atoms with E-state index >= 15 is 0 Å². The number of hydrogen-bond donors (Lipinski definition) is 2. The lowest BCUT2D eigenvalue weighted by Crippen LogP contribution is -2.49. The quantitative estimate of drug-likeness (QED) is 0.538. The summed E-state index contributed by atoms with van der Waals surface area (Å²) in [5, 5.41) is 6.66. The minimum atomic E-state index is -0.321. The number of carbonyl (C=O) groups excluding carboxylic acids is 1. The van der Waals surface area contributed by atoms with Gasteiger partial charge in [-0.1, -0.05) is 12.8 Å². The normalized spacial score (nSPS) is 16.1. The van der Waals surface area contributed by atoms with E-state index in [0.717, 1.165) is 43.8 Å². The summed E-state index contributed by atoms with van der Waals surface area (Å²) in [5.41, 5.74) is 0.712. The van der Waals surface area contributed by atoms with Gasteiger partial charge in [-0.2, -0.15) is 0 Å². The van der Waals surface area contributed by atoms with Gasteiger partial charge >= 0.3 is 0 Å². The van der Waals surface area contributed by atoms with Crippen LogP contribution in [-0.2, 0) is 11.3 Å². The molecule has 2 rings (SSSR count). The Bertz CT molecular complexity index is 639. The third-order valence-corrected chi connectivity index (χ3v) is 4.87. The number of carbonyl (C=O) groups is 1. The minimum absolute atomic E-state index is 0.207. The molecule has 150 valence electrons. The predicted octanol–water partition coefficient (Wildman–Crippen LogP) is 2.18. The van der Waals surface area contributed by atoms with Crippen LogP contribution in [0.15, 0.2) is 23.3 Å². The van der Waals surface area contributed by atoms with E-state index in [9.17, 15) is 4.79 Å². The number of ether oxygens (including phenoxy) is 1. The van der Waals surface area contributed by atoms with Gasteiger partial charge in [0.25, 0.3) is 0 Å². The summed E-state index contributed by atoms with van der Waals surface area (Å²) in [7, 11) is 3.67. The van der Waals surface area contributed by atoms with Crippen molar-refractivity contribution >= 4 is 11.9 Å². The average molecular weight is 376 g/mol. The molecule has 1 aromatic heterocycles. The zero-order chi connectivity index (χ0) is 19.7. The van der Waals surface area contributed by atoms with Crippen molar-refractivity contribution in [3.05, 3.63) is 23.9 Å². The maximum absolute atomic E-state index is 12.7. The maximum Gasteiger partial charge on any atom is 0.230 e. The molecule has 1 amide bonds. The fraction of sp³-hybridized carbons (Fsp3) is 0.650. The van der Waals surface area contributed by atoms with Crippen LogP contribution < -0.4 is 15.4 Å². The van der Waals surface area contributed by atoms with Crippen LogP contribution in [0.25, 0.3) is 0 Å². The van der Waals surface area contributed by atoms with Gasteiger partial charge in [0.1, 0.15) is 0 Å². The molecule has 2 N–H and O–H groups in total. The molecule has 1 heterocycles. The lowest BCUT2D eigenvalue weighted by atomic mass is 9.84. The average Bonchev–Trinajstić information content (AvgIpc) is 3.14. The number of rotatable bonds is 8. The highest BCUT2D eigenvalue weighted by atomic mass is 16.5. The minimum Gasteiger partial charge on any atom is -0.478 e. The summed E-state index contributed by atoms with van der Waals surface area (Å²) in [6.07, 6.45) is 5.80. The summed E-state index contributed by atoms with van der Waals surface area (Å²) >= 11 is 0. The van der Waals surface area contributed by atoms with Crippen molar-refractivity contribution in [2.24, 2.45) is 10.4 Å².